The fourth-order valence-electron chi connectivity index (χ4n) is 2.83. The van der Waals surface area contributed by atoms with E-state index >= 15 is 0 Å². The highest BCUT2D eigenvalue weighted by molar-refractivity contribution is 7.91. The van der Waals surface area contributed by atoms with E-state index in [1.807, 2.05) is 0 Å². The molecule has 0 bridgehead atoms. The monoisotopic (exact) mass is 363 g/mol. The Kier molecular flexibility index (Phi) is 5.03. The molecule has 7 heteroatoms. The number of furan rings is 1. The maximum absolute atomic E-state index is 13.1. The largest absolute Gasteiger partial charge is 0.465 e. The number of carbonyl (C=O) groups excluding carboxylic acids is 1. The lowest BCUT2D eigenvalue weighted by Gasteiger charge is -2.27. The predicted molar refractivity (Wildman–Crippen MR) is 91.8 cm³/mol. The second-order valence-electron chi connectivity index (χ2n) is 6.00. The summed E-state index contributed by atoms with van der Waals surface area (Å²) in [6.45, 7) is 0.224. The summed E-state index contributed by atoms with van der Waals surface area (Å²) in [5.74, 6) is -0.0962. The Morgan fingerprint density at radius 1 is 1.28 bits per heavy atom. The molecule has 2 aromatic rings. The van der Waals surface area contributed by atoms with Gasteiger partial charge in [0.1, 0.15) is 11.6 Å². The van der Waals surface area contributed by atoms with Gasteiger partial charge in [-0.1, -0.05) is 12.1 Å². The topological polar surface area (TPSA) is 67.6 Å². The van der Waals surface area contributed by atoms with Gasteiger partial charge in [-0.05, 0) is 42.3 Å². The lowest BCUT2D eigenvalue weighted by atomic mass is 10.1. The van der Waals surface area contributed by atoms with Crippen molar-refractivity contribution < 1.29 is 22.0 Å². The molecule has 1 saturated heterocycles. The van der Waals surface area contributed by atoms with Crippen molar-refractivity contribution in [1.82, 2.24) is 4.90 Å². The van der Waals surface area contributed by atoms with Crippen LogP contribution in [0.15, 0.2) is 53.2 Å². The van der Waals surface area contributed by atoms with E-state index < -0.39 is 9.84 Å². The second kappa shape index (κ2) is 7.23. The van der Waals surface area contributed by atoms with Crippen LogP contribution in [0.2, 0.25) is 0 Å². The lowest BCUT2D eigenvalue weighted by Crippen LogP contribution is -2.39. The zero-order valence-corrected chi connectivity index (χ0v) is 14.3. The van der Waals surface area contributed by atoms with Gasteiger partial charge in [-0.15, -0.1) is 0 Å². The molecule has 132 valence electrons. The minimum absolute atomic E-state index is 0.0471. The van der Waals surface area contributed by atoms with E-state index in [1.165, 1.54) is 29.4 Å². The molecule has 1 fully saturated rings. The number of hydrogen-bond acceptors (Lipinski definition) is 4. The Balaban J connectivity index is 1.80. The highest BCUT2D eigenvalue weighted by Gasteiger charge is 2.34. The Hall–Kier alpha value is -2.41. The highest BCUT2D eigenvalue weighted by atomic mass is 32.2. The predicted octanol–water partition coefficient (Wildman–Crippen LogP) is 2.65. The van der Waals surface area contributed by atoms with E-state index in [-0.39, 0.29) is 35.8 Å². The van der Waals surface area contributed by atoms with Gasteiger partial charge in [-0.3, -0.25) is 4.79 Å². The lowest BCUT2D eigenvalue weighted by molar-refractivity contribution is -0.128. The molecule has 25 heavy (non-hydrogen) atoms. The average molecular weight is 363 g/mol. The van der Waals surface area contributed by atoms with E-state index in [0.717, 1.165) is 5.56 Å². The van der Waals surface area contributed by atoms with Crippen LogP contribution in [0.3, 0.4) is 0 Å². The van der Waals surface area contributed by atoms with Crippen LogP contribution in [-0.2, 0) is 21.2 Å². The molecular weight excluding hydrogens is 345 g/mol. The number of rotatable bonds is 5. The van der Waals surface area contributed by atoms with Crippen LogP contribution in [0.5, 0.6) is 0 Å². The normalized spacial score (nSPS) is 19.3. The maximum Gasteiger partial charge on any atom is 0.247 e. The molecule has 0 unspecified atom stereocenters. The molecule has 2 heterocycles. The molecule has 1 aromatic heterocycles. The summed E-state index contributed by atoms with van der Waals surface area (Å²) in [7, 11) is -3.13. The SMILES string of the molecule is O=C(/C=C/c1ccco1)N(Cc1ccc(F)cc1)[C@@H]1CCS(=O)(=O)C1. The second-order valence-corrected chi connectivity index (χ2v) is 8.23. The van der Waals surface area contributed by atoms with Crippen molar-refractivity contribution in [1.29, 1.82) is 0 Å². The summed E-state index contributed by atoms with van der Waals surface area (Å²) in [5, 5.41) is 0. The van der Waals surface area contributed by atoms with Gasteiger partial charge in [-0.2, -0.15) is 0 Å². The first-order chi connectivity index (χ1) is 11.9. The van der Waals surface area contributed by atoms with Gasteiger partial charge in [0.05, 0.1) is 17.8 Å². The Labute approximate surface area is 145 Å². The molecule has 0 radical (unpaired) electrons. The summed E-state index contributed by atoms with van der Waals surface area (Å²) in [5.41, 5.74) is 0.741. The Morgan fingerprint density at radius 3 is 2.64 bits per heavy atom. The fraction of sp³-hybridized carbons (Fsp3) is 0.278. The van der Waals surface area contributed by atoms with Crippen LogP contribution in [0.4, 0.5) is 4.39 Å². The molecule has 1 aromatic carbocycles. The minimum Gasteiger partial charge on any atom is -0.465 e. The Morgan fingerprint density at radius 2 is 2.04 bits per heavy atom. The summed E-state index contributed by atoms with van der Waals surface area (Å²) >= 11 is 0. The van der Waals surface area contributed by atoms with Crippen LogP contribution >= 0.6 is 0 Å². The standard InChI is InChI=1S/C18H18FNO4S/c19-15-5-3-14(4-6-15)12-20(16-9-11-25(22,23)13-16)18(21)8-7-17-2-1-10-24-17/h1-8,10,16H,9,11-13H2/b8-7+/t16-/m1/s1. The van der Waals surface area contributed by atoms with Crippen LogP contribution in [-0.4, -0.2) is 36.8 Å². The molecule has 1 aliphatic rings. The van der Waals surface area contributed by atoms with E-state index in [2.05, 4.69) is 0 Å². The van der Waals surface area contributed by atoms with Gasteiger partial charge in [0.25, 0.3) is 0 Å². The van der Waals surface area contributed by atoms with Crippen molar-refractivity contribution in [3.8, 4) is 0 Å². The van der Waals surface area contributed by atoms with E-state index in [4.69, 9.17) is 4.42 Å². The average Bonchev–Trinajstić information content (AvgIpc) is 3.21. The number of hydrogen-bond donors (Lipinski definition) is 0. The van der Waals surface area contributed by atoms with Gasteiger partial charge in [0.15, 0.2) is 9.84 Å². The first-order valence-electron chi connectivity index (χ1n) is 7.90. The van der Waals surface area contributed by atoms with Crippen molar-refractivity contribution in [2.75, 3.05) is 11.5 Å². The zero-order valence-electron chi connectivity index (χ0n) is 13.5. The van der Waals surface area contributed by atoms with Crippen LogP contribution in [0.25, 0.3) is 6.08 Å². The molecule has 1 atom stereocenters. The molecule has 0 spiro atoms. The first-order valence-corrected chi connectivity index (χ1v) is 9.72. The highest BCUT2D eigenvalue weighted by Crippen LogP contribution is 2.21. The number of nitrogens with zero attached hydrogens (tertiary/aromatic N) is 1. The molecule has 0 aliphatic carbocycles. The van der Waals surface area contributed by atoms with Crippen LogP contribution < -0.4 is 0 Å². The van der Waals surface area contributed by atoms with Crippen LogP contribution in [0.1, 0.15) is 17.7 Å². The molecule has 5 nitrogen and oxygen atoms in total. The number of halogens is 1. The summed E-state index contributed by atoms with van der Waals surface area (Å²) in [6, 6.07) is 8.87. The van der Waals surface area contributed by atoms with Gasteiger partial charge in [0, 0.05) is 18.7 Å². The first kappa shape index (κ1) is 17.4. The molecular formula is C18H18FNO4S. The fourth-order valence-corrected chi connectivity index (χ4v) is 4.56. The Bertz CT molecular complexity index is 857. The van der Waals surface area contributed by atoms with Gasteiger partial charge >= 0.3 is 0 Å². The van der Waals surface area contributed by atoms with Crippen molar-refractivity contribution in [3.05, 3.63) is 65.9 Å². The summed E-state index contributed by atoms with van der Waals surface area (Å²) < 4.78 is 41.8. The quantitative estimate of drug-likeness (QED) is 0.766. The number of benzene rings is 1. The van der Waals surface area contributed by atoms with Crippen molar-refractivity contribution >= 4 is 21.8 Å². The number of sulfone groups is 1. The third-order valence-corrected chi connectivity index (χ3v) is 5.88. The van der Waals surface area contributed by atoms with Gasteiger partial charge in [-0.25, -0.2) is 12.8 Å². The summed E-state index contributed by atoms with van der Waals surface area (Å²) in [6.07, 6.45) is 4.82. The third kappa shape index (κ3) is 4.57. The molecule has 1 aliphatic heterocycles. The van der Waals surface area contributed by atoms with E-state index in [0.29, 0.717) is 12.2 Å². The zero-order chi connectivity index (χ0) is 17.9. The van der Waals surface area contributed by atoms with Crippen LogP contribution in [0, 0.1) is 5.82 Å². The smallest absolute Gasteiger partial charge is 0.247 e. The third-order valence-electron chi connectivity index (χ3n) is 4.13. The molecule has 0 saturated carbocycles. The molecule has 0 N–H and O–H groups in total. The van der Waals surface area contributed by atoms with E-state index in [9.17, 15) is 17.6 Å². The maximum atomic E-state index is 13.1. The number of carbonyl (C=O) groups is 1. The molecule has 1 amide bonds. The van der Waals surface area contributed by atoms with Gasteiger partial charge in [0.2, 0.25) is 5.91 Å². The number of amides is 1. The van der Waals surface area contributed by atoms with Crippen molar-refractivity contribution in [3.63, 3.8) is 0 Å². The van der Waals surface area contributed by atoms with Crippen molar-refractivity contribution in [2.45, 2.75) is 19.0 Å². The van der Waals surface area contributed by atoms with Gasteiger partial charge < -0.3 is 9.32 Å². The minimum atomic E-state index is -3.13. The molecule has 3 rings (SSSR count). The van der Waals surface area contributed by atoms with E-state index in [1.54, 1.807) is 30.3 Å². The summed E-state index contributed by atoms with van der Waals surface area (Å²) in [4.78, 5) is 14.2. The van der Waals surface area contributed by atoms with Crippen molar-refractivity contribution in [2.24, 2.45) is 0 Å².